The van der Waals surface area contributed by atoms with Crippen molar-refractivity contribution >= 4 is 102 Å². The van der Waals surface area contributed by atoms with Crippen LogP contribution < -0.4 is 0 Å². The van der Waals surface area contributed by atoms with E-state index in [2.05, 4.69) is 180 Å². The predicted octanol–water partition coefficient (Wildman–Crippen LogP) is 4.33. The van der Waals surface area contributed by atoms with Crippen LogP contribution >= 0.6 is 0 Å². The molecule has 0 radical (unpaired) electrons. The van der Waals surface area contributed by atoms with E-state index in [0.29, 0.717) is 0 Å². The highest BCUT2D eigenvalue weighted by Gasteiger charge is 2.29. The van der Waals surface area contributed by atoms with E-state index in [1.807, 2.05) is 0 Å². The Bertz CT molecular complexity index is 2220. The van der Waals surface area contributed by atoms with Gasteiger partial charge in [-0.1, -0.05) is 0 Å². The molecule has 0 atom stereocenters. The average molecular weight is 895 g/mol. The van der Waals surface area contributed by atoms with Crippen LogP contribution in [0.25, 0.3) is 32.3 Å². The van der Waals surface area contributed by atoms with Gasteiger partial charge in [0.1, 0.15) is 0 Å². The van der Waals surface area contributed by atoms with Gasteiger partial charge in [-0.25, -0.2) is 30.0 Å². The van der Waals surface area contributed by atoms with Gasteiger partial charge in [-0.2, -0.15) is 0 Å². The number of aliphatic imine (C=N–C) groups is 6. The molecule has 18 heteroatoms. The summed E-state index contributed by atoms with van der Waals surface area (Å²) in [6, 6.07) is 13.5. The Kier molecular flexibility index (Phi) is 10.9. The quantitative estimate of drug-likeness (QED) is 0.257. The van der Waals surface area contributed by atoms with Crippen LogP contribution in [0, 0.1) is 0 Å². The van der Waals surface area contributed by atoms with Gasteiger partial charge in [0.25, 0.3) is 0 Å². The van der Waals surface area contributed by atoms with Crippen LogP contribution in [0.2, 0.25) is 0 Å². The van der Waals surface area contributed by atoms with Gasteiger partial charge in [-0.15, -0.1) is 0 Å². The second-order valence-electron chi connectivity index (χ2n) is 19.2. The third-order valence-electron chi connectivity index (χ3n) is 14.3. The van der Waals surface area contributed by atoms with Gasteiger partial charge in [0.15, 0.2) is 0 Å². The van der Waals surface area contributed by atoms with Crippen LogP contribution in [0.1, 0.15) is 0 Å². The Morgan fingerprint density at radius 3 is 0.424 bits per heavy atom. The van der Waals surface area contributed by atoms with Crippen LogP contribution in [0.4, 0.5) is 34.1 Å². The minimum atomic E-state index is 0.812. The van der Waals surface area contributed by atoms with Crippen molar-refractivity contribution in [2.75, 3.05) is 163 Å². The molecule has 0 unspecified atom stereocenters. The average Bonchev–Trinajstić information content (AvgIpc) is 4.13. The number of hydrogen-bond acceptors (Lipinski definition) is 6. The van der Waals surface area contributed by atoms with Gasteiger partial charge in [-0.05, 0) is 68.7 Å². The first kappa shape index (κ1) is 43.2. The second kappa shape index (κ2) is 16.6. The van der Waals surface area contributed by atoms with E-state index in [0.717, 1.165) is 181 Å². The van der Waals surface area contributed by atoms with E-state index in [4.69, 9.17) is 30.0 Å². The van der Waals surface area contributed by atoms with Crippen molar-refractivity contribution in [3.8, 4) is 0 Å². The molecule has 10 rings (SSSR count). The van der Waals surface area contributed by atoms with E-state index in [1.165, 1.54) is 0 Å². The summed E-state index contributed by atoms with van der Waals surface area (Å²) in [7, 11) is 25.4. The normalized spacial score (nSPS) is 19.5. The molecule has 6 aliphatic heterocycles. The maximum absolute atomic E-state index is 5.46. The van der Waals surface area contributed by atoms with Gasteiger partial charge in [0.05, 0.1) is 34.1 Å². The van der Waals surface area contributed by atoms with Crippen molar-refractivity contribution < 1.29 is 0 Å². The lowest BCUT2D eigenvalue weighted by Gasteiger charge is -2.21. The summed E-state index contributed by atoms with van der Waals surface area (Å²) < 4.78 is 0. The van der Waals surface area contributed by atoms with Crippen LogP contribution in [0.5, 0.6) is 0 Å². The number of benzene rings is 4. The number of hydrogen-bond donors (Lipinski definition) is 0. The zero-order chi connectivity index (χ0) is 46.3. The van der Waals surface area contributed by atoms with E-state index >= 15 is 0 Å². The Labute approximate surface area is 389 Å². The first-order chi connectivity index (χ1) is 31.6. The summed E-state index contributed by atoms with van der Waals surface area (Å²) in [5.41, 5.74) is 4.87. The molecule has 6 fully saturated rings. The zero-order valence-electron chi connectivity index (χ0n) is 41.0. The Morgan fingerprint density at radius 2 is 0.318 bits per heavy atom. The maximum atomic E-state index is 5.46. The molecule has 18 nitrogen and oxygen atoms in total. The van der Waals surface area contributed by atoms with Crippen molar-refractivity contribution in [1.82, 2.24) is 58.8 Å². The van der Waals surface area contributed by atoms with Crippen molar-refractivity contribution in [3.05, 3.63) is 36.4 Å². The first-order valence-corrected chi connectivity index (χ1v) is 23.2. The fourth-order valence-electron chi connectivity index (χ4n) is 10.0. The Morgan fingerprint density at radius 1 is 0.212 bits per heavy atom. The molecule has 6 heterocycles. The number of likely N-dealkylation sites (N-methyl/N-ethyl adjacent to an activating group) is 12. The van der Waals surface area contributed by atoms with Gasteiger partial charge >= 0.3 is 0 Å². The number of fused-ring (bicyclic) bond motifs is 6. The van der Waals surface area contributed by atoms with Crippen molar-refractivity contribution in [3.63, 3.8) is 0 Å². The van der Waals surface area contributed by atoms with E-state index in [9.17, 15) is 0 Å². The lowest BCUT2D eigenvalue weighted by Crippen LogP contribution is -2.28. The van der Waals surface area contributed by atoms with Gasteiger partial charge < -0.3 is 58.8 Å². The lowest BCUT2D eigenvalue weighted by atomic mass is 9.92. The minimum Gasteiger partial charge on any atom is -0.344 e. The molecule has 0 aliphatic carbocycles. The summed E-state index contributed by atoms with van der Waals surface area (Å²) in [5, 5.41) is 6.36. The van der Waals surface area contributed by atoms with Crippen molar-refractivity contribution in [2.24, 2.45) is 30.0 Å². The molecule has 66 heavy (non-hydrogen) atoms. The van der Waals surface area contributed by atoms with Crippen molar-refractivity contribution in [2.45, 2.75) is 0 Å². The van der Waals surface area contributed by atoms with E-state index < -0.39 is 0 Å². The monoisotopic (exact) mass is 895 g/mol. The van der Waals surface area contributed by atoms with Crippen LogP contribution in [0.3, 0.4) is 0 Å². The number of rotatable bonds is 6. The molecule has 6 saturated heterocycles. The fourth-order valence-corrected chi connectivity index (χ4v) is 10.0. The molecule has 4 aromatic rings. The van der Waals surface area contributed by atoms with Gasteiger partial charge in [0.2, 0.25) is 35.8 Å². The zero-order valence-corrected chi connectivity index (χ0v) is 41.0. The molecular formula is C48H66N18. The summed E-state index contributed by atoms with van der Waals surface area (Å²) >= 11 is 0. The highest BCUT2D eigenvalue weighted by atomic mass is 15.5. The van der Waals surface area contributed by atoms with E-state index in [-0.39, 0.29) is 0 Å². The topological polar surface area (TPSA) is 113 Å². The number of guanidine groups is 6. The highest BCUT2D eigenvalue weighted by Crippen LogP contribution is 2.48. The third kappa shape index (κ3) is 7.52. The molecule has 6 aliphatic rings. The molecular weight excluding hydrogens is 829 g/mol. The van der Waals surface area contributed by atoms with Crippen molar-refractivity contribution in [1.29, 1.82) is 0 Å². The molecule has 0 aromatic heterocycles. The fraction of sp³-hybridized carbons (Fsp3) is 0.500. The largest absolute Gasteiger partial charge is 0.344 e. The second-order valence-corrected chi connectivity index (χ2v) is 19.2. The van der Waals surface area contributed by atoms with E-state index in [1.54, 1.807) is 0 Å². The lowest BCUT2D eigenvalue weighted by molar-refractivity contribution is 0.553. The SMILES string of the molecule is CN1CCN(C)C1=Nc1cc2c3cc(N=C4N(C)CCN4C)c(N=C4N(C)CCN4C)cc3c3cc(N=C4N(C)CCN4C)c(N=C4N(C)CCN4C)cc3c2cc1N=C1N(C)CCN1C. The first-order valence-electron chi connectivity index (χ1n) is 23.2. The Hall–Kier alpha value is -6.72. The number of nitrogens with zero attached hydrogens (tertiary/aromatic N) is 18. The molecule has 348 valence electrons. The molecule has 0 N–H and O–H groups in total. The maximum Gasteiger partial charge on any atom is 0.201 e. The Balaban J connectivity index is 1.36. The molecule has 0 saturated carbocycles. The summed E-state index contributed by atoms with van der Waals surface area (Å²) in [4.78, 5) is 59.4. The molecule has 0 spiro atoms. The molecule has 0 amide bonds. The van der Waals surface area contributed by atoms with Crippen LogP contribution in [0.15, 0.2) is 66.4 Å². The minimum absolute atomic E-state index is 0.812. The predicted molar refractivity (Wildman–Crippen MR) is 273 cm³/mol. The summed E-state index contributed by atoms with van der Waals surface area (Å²) in [6.45, 7) is 10.9. The van der Waals surface area contributed by atoms with Gasteiger partial charge in [-0.3, -0.25) is 0 Å². The summed E-state index contributed by atoms with van der Waals surface area (Å²) in [6.07, 6.45) is 0. The molecule has 4 aromatic carbocycles. The van der Waals surface area contributed by atoms with Crippen LogP contribution in [-0.2, 0) is 0 Å². The molecule has 0 bridgehead atoms. The summed E-state index contributed by atoms with van der Waals surface area (Å²) in [5.74, 6) is 5.53. The van der Waals surface area contributed by atoms with Gasteiger partial charge in [0, 0.05) is 163 Å². The smallest absolute Gasteiger partial charge is 0.201 e. The van der Waals surface area contributed by atoms with Crippen LogP contribution in [-0.4, -0.2) is 258 Å². The third-order valence-corrected chi connectivity index (χ3v) is 14.3. The standard InChI is InChI=1S/C48H66N18/c1-55-13-14-56(2)43(55)49-37-25-31-32(26-38(37)50-44-57(3)15-16-58(44)4)34-28-40(52-46-61(7)19-20-62(46)8)42(54-48-65(11)23-24-66(48)12)30-36(34)35-29-41(53-47-63(9)21-22-64(47)10)39(27-33(31)35)51-45-59(5)17-18-60(45)6/h25-30H,13-24H2,1-12H3. The highest BCUT2D eigenvalue weighted by molar-refractivity contribution is 6.28.